The van der Waals surface area contributed by atoms with Crippen molar-refractivity contribution in [2.45, 2.75) is 96.6 Å². The molecule has 43 heavy (non-hydrogen) atoms. The molecule has 0 spiro atoms. The largest absolute Gasteiger partial charge is 0.486 e. The Kier molecular flexibility index (Phi) is 11.4. The molecule has 0 aromatic heterocycles. The quantitative estimate of drug-likeness (QED) is 0.215. The molecule has 2 aliphatic heterocycles. The maximum atomic E-state index is 14.8. The molecule has 240 valence electrons. The summed E-state index contributed by atoms with van der Waals surface area (Å²) in [6.07, 6.45) is 0.820. The molecular formula is C30H44BF3N2O7. The highest BCUT2D eigenvalue weighted by atomic mass is 19.2. The number of piperidine rings is 1. The first-order valence-corrected chi connectivity index (χ1v) is 14.5. The summed E-state index contributed by atoms with van der Waals surface area (Å²) in [7, 11) is -0.458. The summed E-state index contributed by atoms with van der Waals surface area (Å²) < 4.78 is 71.9. The predicted molar refractivity (Wildman–Crippen MR) is 155 cm³/mol. The van der Waals surface area contributed by atoms with Crippen LogP contribution in [0.15, 0.2) is 24.2 Å². The van der Waals surface area contributed by atoms with E-state index in [1.807, 2.05) is 27.7 Å². The van der Waals surface area contributed by atoms with Crippen LogP contribution in [-0.2, 0) is 28.3 Å². The van der Waals surface area contributed by atoms with Crippen LogP contribution in [-0.4, -0.2) is 85.9 Å². The molecule has 2 heterocycles. The number of likely N-dealkylation sites (tertiary alicyclic amines) is 1. The summed E-state index contributed by atoms with van der Waals surface area (Å²) in [5, 5.41) is 2.51. The molecule has 2 aliphatic rings. The van der Waals surface area contributed by atoms with E-state index in [9.17, 15) is 22.8 Å². The van der Waals surface area contributed by atoms with Gasteiger partial charge in [0.15, 0.2) is 11.6 Å². The van der Waals surface area contributed by atoms with Crippen LogP contribution in [0.2, 0.25) is 0 Å². The van der Waals surface area contributed by atoms with Gasteiger partial charge in [0.1, 0.15) is 17.5 Å². The fourth-order valence-corrected chi connectivity index (χ4v) is 4.96. The van der Waals surface area contributed by atoms with Crippen LogP contribution in [0.25, 0.3) is 0 Å². The number of benzene rings is 1. The topological polar surface area (TPSA) is 95.6 Å². The molecule has 2 fully saturated rings. The van der Waals surface area contributed by atoms with Crippen LogP contribution in [0.4, 0.5) is 18.0 Å². The molecule has 1 aromatic carbocycles. The lowest BCUT2D eigenvalue weighted by atomic mass is 9.81. The van der Waals surface area contributed by atoms with E-state index in [2.05, 4.69) is 5.32 Å². The van der Waals surface area contributed by atoms with Crippen molar-refractivity contribution in [3.63, 3.8) is 0 Å². The van der Waals surface area contributed by atoms with Gasteiger partial charge in [-0.3, -0.25) is 4.79 Å². The van der Waals surface area contributed by atoms with E-state index in [-0.39, 0.29) is 32.8 Å². The maximum absolute atomic E-state index is 14.8. The first-order valence-electron chi connectivity index (χ1n) is 14.5. The number of nitrogens with zero attached hydrogens (tertiary/aromatic N) is 1. The van der Waals surface area contributed by atoms with E-state index >= 15 is 0 Å². The predicted octanol–water partition coefficient (Wildman–Crippen LogP) is 4.92. The fourth-order valence-electron chi connectivity index (χ4n) is 4.96. The van der Waals surface area contributed by atoms with Crippen LogP contribution in [0.3, 0.4) is 0 Å². The number of amides is 2. The van der Waals surface area contributed by atoms with Crippen molar-refractivity contribution >= 4 is 19.1 Å². The van der Waals surface area contributed by atoms with Gasteiger partial charge in [-0.2, -0.15) is 0 Å². The van der Waals surface area contributed by atoms with Crippen LogP contribution < -0.4 is 5.32 Å². The van der Waals surface area contributed by atoms with Gasteiger partial charge in [0.05, 0.1) is 37.6 Å². The molecule has 0 radical (unpaired) electrons. The Morgan fingerprint density at radius 3 is 2.30 bits per heavy atom. The third-order valence-electron chi connectivity index (χ3n) is 7.91. The summed E-state index contributed by atoms with van der Waals surface area (Å²) in [5.74, 6) is -3.04. The number of ether oxygens (including phenoxy) is 3. The van der Waals surface area contributed by atoms with E-state index in [1.54, 1.807) is 39.7 Å². The number of carbonyl (C=O) groups is 2. The second-order valence-corrected chi connectivity index (χ2v) is 12.8. The first-order chi connectivity index (χ1) is 19.9. The first kappa shape index (κ1) is 34.9. The number of hydrogen-bond acceptors (Lipinski definition) is 7. The normalized spacial score (nSPS) is 23.7. The highest BCUT2D eigenvalue weighted by molar-refractivity contribution is 6.51. The average Bonchev–Trinajstić information content (AvgIpc) is 3.09. The van der Waals surface area contributed by atoms with Crippen LogP contribution in [0.1, 0.15) is 73.3 Å². The summed E-state index contributed by atoms with van der Waals surface area (Å²) in [4.78, 5) is 27.2. The van der Waals surface area contributed by atoms with Crippen molar-refractivity contribution < 1.29 is 46.3 Å². The lowest BCUT2D eigenvalue weighted by molar-refractivity contribution is -0.140. The number of nitrogens with one attached hydrogen (secondary N) is 1. The van der Waals surface area contributed by atoms with Gasteiger partial charge in [-0.05, 0) is 73.9 Å². The summed E-state index contributed by atoms with van der Waals surface area (Å²) in [6, 6.07) is -0.289. The molecule has 2 amide bonds. The molecule has 3 atom stereocenters. The Bertz CT molecular complexity index is 1160. The number of halogens is 3. The number of carbonyl (C=O) groups excluding carboxylic acids is 2. The lowest BCUT2D eigenvalue weighted by Gasteiger charge is -2.43. The molecule has 3 unspecified atom stereocenters. The van der Waals surface area contributed by atoms with Crippen molar-refractivity contribution in [2.75, 3.05) is 33.0 Å². The molecule has 1 aromatic rings. The minimum absolute atomic E-state index is 0.0728. The fraction of sp³-hybridized carbons (Fsp3) is 0.667. The Morgan fingerprint density at radius 2 is 1.67 bits per heavy atom. The molecule has 13 heteroatoms. The smallest absolute Gasteiger partial charge is 0.444 e. The molecule has 0 aliphatic carbocycles. The van der Waals surface area contributed by atoms with Gasteiger partial charge in [-0.15, -0.1) is 0 Å². The monoisotopic (exact) mass is 612 g/mol. The SMILES string of the molecule is CC1C(c2c(F)ccc(F)c2F)CC(NC(=O)OC(C)(C)C)C(=O)N1CCOCCOC/C=C/B1OC(C)(C)C(C)(C)O1. The van der Waals surface area contributed by atoms with E-state index in [0.29, 0.717) is 12.7 Å². The Labute approximate surface area is 252 Å². The number of rotatable bonds is 11. The van der Waals surface area contributed by atoms with Gasteiger partial charge in [-0.1, -0.05) is 12.1 Å². The van der Waals surface area contributed by atoms with Crippen molar-refractivity contribution in [2.24, 2.45) is 0 Å². The molecule has 9 nitrogen and oxygen atoms in total. The van der Waals surface area contributed by atoms with E-state index in [1.165, 1.54) is 4.90 Å². The van der Waals surface area contributed by atoms with Gasteiger partial charge < -0.3 is 33.7 Å². The van der Waals surface area contributed by atoms with E-state index in [0.717, 1.165) is 6.07 Å². The van der Waals surface area contributed by atoms with Crippen molar-refractivity contribution in [3.05, 3.63) is 47.2 Å². The maximum Gasteiger partial charge on any atom is 0.486 e. The molecule has 1 N–H and O–H groups in total. The average molecular weight is 612 g/mol. The van der Waals surface area contributed by atoms with Gasteiger partial charge in [0.25, 0.3) is 0 Å². The minimum atomic E-state index is -1.32. The molecule has 0 saturated carbocycles. The van der Waals surface area contributed by atoms with Crippen molar-refractivity contribution in [3.8, 4) is 0 Å². The van der Waals surface area contributed by atoms with E-state index in [4.69, 9.17) is 23.5 Å². The molecule has 0 bridgehead atoms. The lowest BCUT2D eigenvalue weighted by Crippen LogP contribution is -2.59. The zero-order valence-electron chi connectivity index (χ0n) is 26.3. The van der Waals surface area contributed by atoms with Crippen molar-refractivity contribution in [1.29, 1.82) is 0 Å². The van der Waals surface area contributed by atoms with E-state index < -0.39 is 76.9 Å². The standard InChI is InChI=1S/C30H44BF3N2O7/c1-19-20(24-21(32)10-11-22(33)25(24)34)18-23(35-27(38)41-28(2,3)4)26(37)36(19)13-15-40-17-16-39-14-9-12-31-42-29(5,6)30(7,8)43-31/h9-12,19-20,23H,13-18H2,1-8H3,(H,35,38)/b12-9+. The second kappa shape index (κ2) is 14.0. The van der Waals surface area contributed by atoms with Gasteiger partial charge in [-0.25, -0.2) is 18.0 Å². The second-order valence-electron chi connectivity index (χ2n) is 12.8. The summed E-state index contributed by atoms with van der Waals surface area (Å²) in [6.45, 7) is 15.5. The molecular weight excluding hydrogens is 568 g/mol. The van der Waals surface area contributed by atoms with Crippen molar-refractivity contribution in [1.82, 2.24) is 10.2 Å². The van der Waals surface area contributed by atoms with Gasteiger partial charge in [0, 0.05) is 24.1 Å². The Balaban J connectivity index is 1.55. The zero-order valence-corrected chi connectivity index (χ0v) is 26.3. The van der Waals surface area contributed by atoms with Gasteiger partial charge >= 0.3 is 13.2 Å². The highest BCUT2D eigenvalue weighted by Crippen LogP contribution is 2.38. The van der Waals surface area contributed by atoms with Gasteiger partial charge in [0.2, 0.25) is 5.91 Å². The van der Waals surface area contributed by atoms with Crippen LogP contribution in [0, 0.1) is 17.5 Å². The summed E-state index contributed by atoms with van der Waals surface area (Å²) >= 11 is 0. The molecule has 3 rings (SSSR count). The Hall–Kier alpha value is -2.61. The number of alkyl carbamates (subject to hydrolysis) is 1. The Morgan fingerprint density at radius 1 is 1.07 bits per heavy atom. The third-order valence-corrected chi connectivity index (χ3v) is 7.91. The zero-order chi connectivity index (χ0) is 32.2. The van der Waals surface area contributed by atoms with Crippen LogP contribution >= 0.6 is 0 Å². The third kappa shape index (κ3) is 8.96. The minimum Gasteiger partial charge on any atom is -0.444 e. The highest BCUT2D eigenvalue weighted by Gasteiger charge is 2.50. The number of hydrogen-bond donors (Lipinski definition) is 1. The summed E-state index contributed by atoms with van der Waals surface area (Å²) in [5.41, 5.74) is -2.14. The van der Waals surface area contributed by atoms with Crippen LogP contribution in [0.5, 0.6) is 0 Å². The molecule has 2 saturated heterocycles.